The zero-order valence-corrected chi connectivity index (χ0v) is 15.2. The molecule has 3 aromatic rings. The Hall–Kier alpha value is -2.68. The smallest absolute Gasteiger partial charge is 0.236 e. The van der Waals surface area contributed by atoms with E-state index in [1.165, 1.54) is 17.3 Å². The van der Waals surface area contributed by atoms with Gasteiger partial charge in [0.1, 0.15) is 5.76 Å². The van der Waals surface area contributed by atoms with Gasteiger partial charge in [-0.25, -0.2) is 0 Å². The maximum absolute atomic E-state index is 12.1. The SMILES string of the molecule is Cc1cc(C)c(-n2nnnc2SCC(=O)Nc2cc(C)on2)c(C)c1. The van der Waals surface area contributed by atoms with E-state index >= 15 is 0 Å². The molecule has 1 aromatic carbocycles. The minimum atomic E-state index is -0.204. The van der Waals surface area contributed by atoms with E-state index in [0.29, 0.717) is 16.7 Å². The number of hydrogen-bond donors (Lipinski definition) is 1. The Kier molecular flexibility index (Phi) is 4.84. The van der Waals surface area contributed by atoms with Crippen molar-refractivity contribution in [2.45, 2.75) is 32.9 Å². The molecule has 0 fully saturated rings. The minimum Gasteiger partial charge on any atom is -0.360 e. The first-order chi connectivity index (χ1) is 11.9. The molecule has 25 heavy (non-hydrogen) atoms. The molecule has 1 amide bonds. The molecule has 0 aliphatic carbocycles. The molecule has 0 spiro atoms. The first kappa shape index (κ1) is 17.2. The Morgan fingerprint density at radius 1 is 1.20 bits per heavy atom. The Balaban J connectivity index is 1.73. The number of aryl methyl sites for hydroxylation is 4. The van der Waals surface area contributed by atoms with E-state index in [9.17, 15) is 4.79 Å². The monoisotopic (exact) mass is 358 g/mol. The highest BCUT2D eigenvalue weighted by Gasteiger charge is 2.16. The molecule has 0 aliphatic rings. The molecule has 9 heteroatoms. The third-order valence-electron chi connectivity index (χ3n) is 3.52. The molecule has 0 radical (unpaired) electrons. The molecule has 2 aromatic heterocycles. The van der Waals surface area contributed by atoms with Crippen LogP contribution in [0, 0.1) is 27.7 Å². The molecule has 8 nitrogen and oxygen atoms in total. The maximum atomic E-state index is 12.1. The van der Waals surface area contributed by atoms with Crippen molar-refractivity contribution in [2.75, 3.05) is 11.1 Å². The Labute approximate surface area is 149 Å². The number of aromatic nitrogens is 5. The van der Waals surface area contributed by atoms with Crippen LogP contribution in [0.15, 0.2) is 27.9 Å². The lowest BCUT2D eigenvalue weighted by Gasteiger charge is -2.12. The third kappa shape index (κ3) is 3.87. The second-order valence-electron chi connectivity index (χ2n) is 5.78. The largest absolute Gasteiger partial charge is 0.360 e. The molecule has 0 saturated carbocycles. The summed E-state index contributed by atoms with van der Waals surface area (Å²) in [7, 11) is 0. The molecule has 0 bridgehead atoms. The highest BCUT2D eigenvalue weighted by atomic mass is 32.2. The van der Waals surface area contributed by atoms with Crippen molar-refractivity contribution in [3.05, 3.63) is 40.6 Å². The van der Waals surface area contributed by atoms with Crippen molar-refractivity contribution in [2.24, 2.45) is 0 Å². The topological polar surface area (TPSA) is 98.7 Å². The second kappa shape index (κ2) is 7.06. The number of hydrogen-bond acceptors (Lipinski definition) is 7. The van der Waals surface area contributed by atoms with Gasteiger partial charge in [0.15, 0.2) is 5.82 Å². The maximum Gasteiger partial charge on any atom is 0.236 e. The van der Waals surface area contributed by atoms with Gasteiger partial charge in [0.05, 0.1) is 11.4 Å². The fourth-order valence-corrected chi connectivity index (χ4v) is 3.33. The molecule has 0 unspecified atom stereocenters. The Morgan fingerprint density at radius 3 is 2.56 bits per heavy atom. The van der Waals surface area contributed by atoms with Crippen LogP contribution in [0.25, 0.3) is 5.69 Å². The quantitative estimate of drug-likeness (QED) is 0.700. The van der Waals surface area contributed by atoms with Gasteiger partial charge in [-0.15, -0.1) is 5.10 Å². The van der Waals surface area contributed by atoms with E-state index in [0.717, 1.165) is 16.8 Å². The molecule has 0 aliphatic heterocycles. The van der Waals surface area contributed by atoms with Crippen LogP contribution in [0.2, 0.25) is 0 Å². The normalized spacial score (nSPS) is 10.9. The number of benzene rings is 1. The fraction of sp³-hybridized carbons (Fsp3) is 0.312. The van der Waals surface area contributed by atoms with Gasteiger partial charge in [-0.1, -0.05) is 34.6 Å². The van der Waals surface area contributed by atoms with Crippen molar-refractivity contribution in [1.29, 1.82) is 0 Å². The summed E-state index contributed by atoms with van der Waals surface area (Å²) >= 11 is 1.26. The van der Waals surface area contributed by atoms with Gasteiger partial charge in [0.2, 0.25) is 11.1 Å². The summed E-state index contributed by atoms with van der Waals surface area (Å²) in [5.74, 6) is 0.992. The highest BCUT2D eigenvalue weighted by Crippen LogP contribution is 2.24. The van der Waals surface area contributed by atoms with Crippen LogP contribution in [0.5, 0.6) is 0 Å². The van der Waals surface area contributed by atoms with Crippen molar-refractivity contribution in [3.8, 4) is 5.69 Å². The van der Waals surface area contributed by atoms with E-state index in [2.05, 4.69) is 45.1 Å². The van der Waals surface area contributed by atoms with Crippen LogP contribution in [-0.4, -0.2) is 37.0 Å². The standard InChI is InChI=1S/C16H18N6O2S/c1-9-5-10(2)15(11(3)6-9)22-16(18-20-21-22)25-8-14(23)17-13-7-12(4)24-19-13/h5-7H,8H2,1-4H3,(H,17,19,23). The average Bonchev–Trinajstić information content (AvgIpc) is 3.13. The number of amides is 1. The van der Waals surface area contributed by atoms with Crippen LogP contribution in [0.3, 0.4) is 0 Å². The number of anilines is 1. The second-order valence-corrected chi connectivity index (χ2v) is 6.72. The molecule has 0 saturated heterocycles. The Morgan fingerprint density at radius 2 is 1.92 bits per heavy atom. The van der Waals surface area contributed by atoms with Crippen LogP contribution < -0.4 is 5.32 Å². The molecule has 130 valence electrons. The van der Waals surface area contributed by atoms with Gasteiger partial charge in [0, 0.05) is 6.07 Å². The molecular weight excluding hydrogens is 340 g/mol. The number of nitrogens with zero attached hydrogens (tertiary/aromatic N) is 5. The average molecular weight is 358 g/mol. The van der Waals surface area contributed by atoms with Gasteiger partial charge in [-0.05, 0) is 49.2 Å². The number of carbonyl (C=O) groups is 1. The predicted molar refractivity (Wildman–Crippen MR) is 94.0 cm³/mol. The van der Waals surface area contributed by atoms with E-state index in [4.69, 9.17) is 4.52 Å². The van der Waals surface area contributed by atoms with Crippen LogP contribution in [0.1, 0.15) is 22.5 Å². The van der Waals surface area contributed by atoms with Gasteiger partial charge in [-0.3, -0.25) is 4.79 Å². The lowest BCUT2D eigenvalue weighted by molar-refractivity contribution is -0.113. The number of carbonyl (C=O) groups excluding carboxylic acids is 1. The summed E-state index contributed by atoms with van der Waals surface area (Å²) in [5, 5.41) is 18.8. The van der Waals surface area contributed by atoms with Gasteiger partial charge < -0.3 is 9.84 Å². The van der Waals surface area contributed by atoms with E-state index < -0.39 is 0 Å². The zero-order valence-electron chi connectivity index (χ0n) is 14.4. The summed E-state index contributed by atoms with van der Waals surface area (Å²) < 4.78 is 6.59. The van der Waals surface area contributed by atoms with Crippen LogP contribution >= 0.6 is 11.8 Å². The van der Waals surface area contributed by atoms with Crippen molar-refractivity contribution < 1.29 is 9.32 Å². The van der Waals surface area contributed by atoms with E-state index in [-0.39, 0.29) is 11.7 Å². The molecular formula is C16H18N6O2S. The number of thioether (sulfide) groups is 1. The molecule has 1 N–H and O–H groups in total. The first-order valence-corrected chi connectivity index (χ1v) is 8.65. The molecule has 3 rings (SSSR count). The van der Waals surface area contributed by atoms with E-state index in [1.807, 2.05) is 13.8 Å². The van der Waals surface area contributed by atoms with Gasteiger partial charge in [-0.2, -0.15) is 4.68 Å². The number of rotatable bonds is 5. The van der Waals surface area contributed by atoms with E-state index in [1.54, 1.807) is 17.7 Å². The van der Waals surface area contributed by atoms with Gasteiger partial charge in [0.25, 0.3) is 0 Å². The van der Waals surface area contributed by atoms with Gasteiger partial charge >= 0.3 is 0 Å². The van der Waals surface area contributed by atoms with Crippen molar-refractivity contribution >= 4 is 23.5 Å². The fourth-order valence-electron chi connectivity index (χ4n) is 2.65. The lowest BCUT2D eigenvalue weighted by atomic mass is 10.1. The van der Waals surface area contributed by atoms with Crippen molar-refractivity contribution in [1.82, 2.24) is 25.4 Å². The summed E-state index contributed by atoms with van der Waals surface area (Å²) in [4.78, 5) is 12.1. The summed E-state index contributed by atoms with van der Waals surface area (Å²) in [6.45, 7) is 7.85. The molecule has 0 atom stereocenters. The lowest BCUT2D eigenvalue weighted by Crippen LogP contribution is -2.15. The third-order valence-corrected chi connectivity index (χ3v) is 4.44. The minimum absolute atomic E-state index is 0.163. The summed E-state index contributed by atoms with van der Waals surface area (Å²) in [6.07, 6.45) is 0. The summed E-state index contributed by atoms with van der Waals surface area (Å²) in [5.41, 5.74) is 4.28. The zero-order chi connectivity index (χ0) is 18.0. The van der Waals surface area contributed by atoms with Crippen molar-refractivity contribution in [3.63, 3.8) is 0 Å². The van der Waals surface area contributed by atoms with Crippen LogP contribution in [-0.2, 0) is 4.79 Å². The van der Waals surface area contributed by atoms with Crippen LogP contribution in [0.4, 0.5) is 5.82 Å². The Bertz CT molecular complexity index is 894. The molecule has 2 heterocycles. The number of nitrogens with one attached hydrogen (secondary N) is 1. The highest BCUT2D eigenvalue weighted by molar-refractivity contribution is 7.99. The predicted octanol–water partition coefficient (Wildman–Crippen LogP) is 2.61. The number of tetrazole rings is 1. The summed E-state index contributed by atoms with van der Waals surface area (Å²) in [6, 6.07) is 5.82. The first-order valence-electron chi connectivity index (χ1n) is 7.66.